The van der Waals surface area contributed by atoms with Crippen molar-refractivity contribution >= 4 is 29.8 Å². The third-order valence-electron chi connectivity index (χ3n) is 6.01. The molecule has 4 aromatic carbocycles. The summed E-state index contributed by atoms with van der Waals surface area (Å²) in [5.41, 5.74) is 2.27. The van der Waals surface area contributed by atoms with Gasteiger partial charge in [-0.25, -0.2) is 16.8 Å². The number of rotatable bonds is 7. The van der Waals surface area contributed by atoms with E-state index in [1.54, 1.807) is 58.0 Å². The first-order valence-corrected chi connectivity index (χ1v) is 15.9. The Morgan fingerprint density at radius 2 is 1.03 bits per heavy atom. The van der Waals surface area contributed by atoms with E-state index in [2.05, 4.69) is 0 Å². The highest BCUT2D eigenvalue weighted by Crippen LogP contribution is 2.36. The van der Waals surface area contributed by atoms with Crippen LogP contribution in [-0.2, 0) is 29.8 Å². The molecule has 0 bridgehead atoms. The van der Waals surface area contributed by atoms with Gasteiger partial charge in [0.25, 0.3) is 0 Å². The minimum absolute atomic E-state index is 0.0261. The summed E-state index contributed by atoms with van der Waals surface area (Å²) in [7, 11) is -13.0. The molecule has 0 N–H and O–H groups in total. The predicted molar refractivity (Wildman–Crippen MR) is 143 cm³/mol. The van der Waals surface area contributed by atoms with Crippen molar-refractivity contribution in [3.63, 3.8) is 0 Å². The fourth-order valence-corrected chi connectivity index (χ4v) is 8.36. The first-order chi connectivity index (χ1) is 17.7. The van der Waals surface area contributed by atoms with E-state index < -0.39 is 40.4 Å². The van der Waals surface area contributed by atoms with E-state index in [1.165, 1.54) is 36.4 Å². The van der Waals surface area contributed by atoms with Crippen LogP contribution >= 0.6 is 0 Å². The second-order valence-electron chi connectivity index (χ2n) is 9.00. The largest absolute Gasteiger partial charge is 0.378 e. The molecule has 10 heteroatoms. The maximum absolute atomic E-state index is 13.9. The molecular weight excluding hydrogens is 545 g/mol. The fraction of sp³-hybridized carbons (Fsp3) is 0.143. The molecule has 4 aromatic rings. The quantitative estimate of drug-likeness (QED) is 0.275. The zero-order chi connectivity index (χ0) is 27.9. The summed E-state index contributed by atoms with van der Waals surface area (Å²) in [5, 5.41) is 0. The van der Waals surface area contributed by atoms with E-state index in [1.807, 2.05) is 0 Å². The van der Waals surface area contributed by atoms with Crippen LogP contribution in [0.3, 0.4) is 0 Å². The molecule has 0 unspecified atom stereocenters. The molecule has 198 valence electrons. The molecule has 0 saturated heterocycles. The SMILES string of the molecule is Cc1ccc(C)c(S(=O)(=O)c2ccc(OS(=O)(=O)c3ccccc3)c(S(=O)(=O)c3cc(C)ccc3C)c2)c1. The van der Waals surface area contributed by atoms with Crippen LogP contribution in [0.15, 0.2) is 109 Å². The van der Waals surface area contributed by atoms with Gasteiger partial charge >= 0.3 is 10.1 Å². The summed E-state index contributed by atoms with van der Waals surface area (Å²) in [4.78, 5) is -1.11. The number of aryl methyl sites for hydroxylation is 4. The number of hydrogen-bond acceptors (Lipinski definition) is 7. The highest BCUT2D eigenvalue weighted by Gasteiger charge is 2.31. The standard InChI is InChI=1S/C28H26O7S3/c1-19-10-12-21(3)26(16-19)36(29,30)24-14-15-25(35-38(33,34)23-8-6-5-7-9-23)28(18-24)37(31,32)27-17-20(2)11-13-22(27)4/h5-18H,1-4H3. The summed E-state index contributed by atoms with van der Waals surface area (Å²) >= 11 is 0. The fourth-order valence-electron chi connectivity index (χ4n) is 3.93. The van der Waals surface area contributed by atoms with Crippen molar-refractivity contribution < 1.29 is 29.4 Å². The van der Waals surface area contributed by atoms with Gasteiger partial charge in [0.05, 0.1) is 14.7 Å². The lowest BCUT2D eigenvalue weighted by Crippen LogP contribution is -2.14. The summed E-state index contributed by atoms with van der Waals surface area (Å²) in [6, 6.07) is 20.2. The van der Waals surface area contributed by atoms with Crippen LogP contribution in [0.4, 0.5) is 0 Å². The van der Waals surface area contributed by atoms with Crippen molar-refractivity contribution in [1.29, 1.82) is 0 Å². The molecule has 0 aliphatic heterocycles. The Morgan fingerprint density at radius 3 is 1.58 bits per heavy atom. The number of benzene rings is 4. The van der Waals surface area contributed by atoms with E-state index >= 15 is 0 Å². The molecule has 0 radical (unpaired) electrons. The van der Waals surface area contributed by atoms with Crippen LogP contribution in [0, 0.1) is 27.7 Å². The van der Waals surface area contributed by atoms with E-state index in [9.17, 15) is 25.3 Å². The van der Waals surface area contributed by atoms with E-state index in [4.69, 9.17) is 4.18 Å². The highest BCUT2D eigenvalue weighted by atomic mass is 32.2. The highest BCUT2D eigenvalue weighted by molar-refractivity contribution is 7.92. The van der Waals surface area contributed by atoms with Crippen molar-refractivity contribution in [3.8, 4) is 5.75 Å². The predicted octanol–water partition coefficient (Wildman–Crippen LogP) is 5.35. The Bertz CT molecular complexity index is 1860. The Hall–Kier alpha value is -3.47. The summed E-state index contributed by atoms with van der Waals surface area (Å²) < 4.78 is 86.3. The van der Waals surface area contributed by atoms with Gasteiger partial charge in [-0.15, -0.1) is 0 Å². The van der Waals surface area contributed by atoms with Crippen molar-refractivity contribution in [3.05, 3.63) is 107 Å². The summed E-state index contributed by atoms with van der Waals surface area (Å²) in [6.45, 7) is 6.71. The second-order valence-corrected chi connectivity index (χ2v) is 14.4. The zero-order valence-electron chi connectivity index (χ0n) is 21.2. The second kappa shape index (κ2) is 10.0. The molecule has 4 rings (SSSR count). The third-order valence-corrected chi connectivity index (χ3v) is 11.1. The molecule has 0 fully saturated rings. The zero-order valence-corrected chi connectivity index (χ0v) is 23.6. The van der Waals surface area contributed by atoms with E-state index in [0.29, 0.717) is 22.3 Å². The van der Waals surface area contributed by atoms with E-state index in [0.717, 1.165) is 18.2 Å². The molecule has 0 aliphatic carbocycles. The van der Waals surface area contributed by atoms with Crippen molar-refractivity contribution in [1.82, 2.24) is 0 Å². The molecule has 0 amide bonds. The van der Waals surface area contributed by atoms with Gasteiger partial charge in [-0.05, 0) is 92.4 Å². The van der Waals surface area contributed by atoms with Gasteiger partial charge in [-0.2, -0.15) is 8.42 Å². The molecular formula is C28H26O7S3. The Labute approximate surface area is 223 Å². The number of sulfone groups is 2. The van der Waals surface area contributed by atoms with Crippen molar-refractivity contribution in [2.24, 2.45) is 0 Å². The average molecular weight is 571 g/mol. The van der Waals surface area contributed by atoms with Gasteiger partial charge in [0.2, 0.25) is 19.7 Å². The van der Waals surface area contributed by atoms with Gasteiger partial charge in [0.1, 0.15) is 9.79 Å². The topological polar surface area (TPSA) is 112 Å². The van der Waals surface area contributed by atoms with Gasteiger partial charge in [-0.3, -0.25) is 0 Å². The van der Waals surface area contributed by atoms with Crippen molar-refractivity contribution in [2.45, 2.75) is 52.2 Å². The molecule has 0 saturated carbocycles. The van der Waals surface area contributed by atoms with Crippen LogP contribution in [0.1, 0.15) is 22.3 Å². The van der Waals surface area contributed by atoms with Crippen LogP contribution in [0.25, 0.3) is 0 Å². The molecule has 0 heterocycles. The lowest BCUT2D eigenvalue weighted by Gasteiger charge is -2.16. The number of hydrogen-bond donors (Lipinski definition) is 0. The molecule has 38 heavy (non-hydrogen) atoms. The van der Waals surface area contributed by atoms with Crippen LogP contribution in [0.5, 0.6) is 5.75 Å². The molecule has 0 atom stereocenters. The van der Waals surface area contributed by atoms with Crippen molar-refractivity contribution in [2.75, 3.05) is 0 Å². The van der Waals surface area contributed by atoms with Gasteiger partial charge < -0.3 is 4.18 Å². The maximum atomic E-state index is 13.9. The minimum atomic E-state index is -4.42. The minimum Gasteiger partial charge on any atom is -0.378 e. The molecule has 0 spiro atoms. The summed E-state index contributed by atoms with van der Waals surface area (Å²) in [5.74, 6) is -0.505. The average Bonchev–Trinajstić information content (AvgIpc) is 2.87. The Balaban J connectivity index is 1.97. The first-order valence-electron chi connectivity index (χ1n) is 11.5. The normalized spacial score (nSPS) is 12.3. The third kappa shape index (κ3) is 5.24. The Kier molecular flexibility index (Phi) is 7.26. The molecule has 0 aliphatic rings. The maximum Gasteiger partial charge on any atom is 0.339 e. The molecule has 7 nitrogen and oxygen atoms in total. The first kappa shape index (κ1) is 27.6. The lowest BCUT2D eigenvalue weighted by atomic mass is 10.2. The summed E-state index contributed by atoms with van der Waals surface area (Å²) in [6.07, 6.45) is 0. The van der Waals surface area contributed by atoms with Crippen LogP contribution < -0.4 is 4.18 Å². The smallest absolute Gasteiger partial charge is 0.339 e. The monoisotopic (exact) mass is 570 g/mol. The van der Waals surface area contributed by atoms with Crippen LogP contribution in [-0.4, -0.2) is 25.3 Å². The Morgan fingerprint density at radius 1 is 0.500 bits per heavy atom. The van der Waals surface area contributed by atoms with E-state index in [-0.39, 0.29) is 19.6 Å². The van der Waals surface area contributed by atoms with Gasteiger partial charge in [0, 0.05) is 0 Å². The van der Waals surface area contributed by atoms with Gasteiger partial charge in [0.15, 0.2) is 5.75 Å². The molecule has 0 aromatic heterocycles. The lowest BCUT2D eigenvalue weighted by molar-refractivity contribution is 0.478. The van der Waals surface area contributed by atoms with Crippen LogP contribution in [0.2, 0.25) is 0 Å². The van der Waals surface area contributed by atoms with Gasteiger partial charge in [-0.1, -0.05) is 42.5 Å².